The van der Waals surface area contributed by atoms with Gasteiger partial charge in [-0.3, -0.25) is 9.59 Å². The highest BCUT2D eigenvalue weighted by Crippen LogP contribution is 2.27. The monoisotopic (exact) mass is 326 g/mol. The number of nitrogens with zero attached hydrogens (tertiary/aromatic N) is 1. The van der Waals surface area contributed by atoms with Crippen molar-refractivity contribution in [1.29, 1.82) is 0 Å². The summed E-state index contributed by atoms with van der Waals surface area (Å²) in [5, 5.41) is 2.84. The number of carbonyl (C=O) groups is 2. The van der Waals surface area contributed by atoms with Crippen molar-refractivity contribution in [3.8, 4) is 16.9 Å². The number of rotatable bonds is 5. The lowest BCUT2D eigenvalue weighted by molar-refractivity contribution is -0.132. The maximum Gasteiger partial charge on any atom is 0.378 e. The van der Waals surface area contributed by atoms with Gasteiger partial charge in [-0.25, -0.2) is 4.98 Å². The first kappa shape index (κ1) is 16.9. The molecular weight excluding hydrogens is 317 g/mol. The summed E-state index contributed by atoms with van der Waals surface area (Å²) in [7, 11) is 9.87. The van der Waals surface area contributed by atoms with E-state index in [4.69, 9.17) is 24.3 Å². The number of pyridine rings is 1. The Balaban J connectivity index is 2.26. The van der Waals surface area contributed by atoms with Crippen LogP contribution < -0.4 is 9.97 Å². The minimum Gasteiger partial charge on any atom is -0.566 e. The van der Waals surface area contributed by atoms with Crippen molar-refractivity contribution in [2.45, 2.75) is 0 Å². The van der Waals surface area contributed by atoms with Crippen LogP contribution in [0.5, 0.6) is 5.75 Å². The minimum atomic E-state index is -0.802. The zero-order valence-corrected chi connectivity index (χ0v) is 12.5. The first-order valence-electron chi connectivity index (χ1n) is 6.35. The van der Waals surface area contributed by atoms with E-state index in [2.05, 4.69) is 23.0 Å². The molecule has 0 unspecified atom stereocenters. The Labute approximate surface area is 140 Å². The molecule has 0 spiro atoms. The minimum absolute atomic E-state index is 0.0427. The molecule has 0 aliphatic heterocycles. The van der Waals surface area contributed by atoms with Crippen LogP contribution in [0.2, 0.25) is 5.02 Å². The SMILES string of the molecule is [B]OC(=O)CNC(=O)c1ncc(-c2cccc(Cl)c2)cc1O[B]. The molecule has 1 N–H and O–H groups in total. The van der Waals surface area contributed by atoms with Crippen LogP contribution in [-0.2, 0) is 9.45 Å². The molecule has 0 atom stereocenters. The van der Waals surface area contributed by atoms with Gasteiger partial charge >= 0.3 is 22.1 Å². The van der Waals surface area contributed by atoms with Gasteiger partial charge in [0.15, 0.2) is 5.69 Å². The summed E-state index contributed by atoms with van der Waals surface area (Å²) >= 11 is 5.94. The van der Waals surface area contributed by atoms with E-state index in [1.54, 1.807) is 18.2 Å². The molecule has 0 bridgehead atoms. The predicted molar refractivity (Wildman–Crippen MR) is 85.2 cm³/mol. The van der Waals surface area contributed by atoms with Gasteiger partial charge in [-0.2, -0.15) is 0 Å². The summed E-state index contributed by atoms with van der Waals surface area (Å²) in [5.74, 6) is -1.42. The van der Waals surface area contributed by atoms with E-state index in [0.29, 0.717) is 10.6 Å². The second kappa shape index (κ2) is 7.69. The molecule has 9 heteroatoms. The van der Waals surface area contributed by atoms with Crippen molar-refractivity contribution in [1.82, 2.24) is 10.3 Å². The Hall–Kier alpha value is -2.47. The molecule has 1 aromatic carbocycles. The second-order valence-corrected chi connectivity index (χ2v) is 4.81. The van der Waals surface area contributed by atoms with Gasteiger partial charge in [-0.15, -0.1) is 0 Å². The summed E-state index contributed by atoms with van der Waals surface area (Å²) in [6, 6.07) is 8.60. The van der Waals surface area contributed by atoms with Crippen LogP contribution in [0.1, 0.15) is 10.5 Å². The largest absolute Gasteiger partial charge is 0.566 e. The molecular formula is C14H9B2ClN2O4. The smallest absolute Gasteiger partial charge is 0.378 e. The second-order valence-electron chi connectivity index (χ2n) is 4.37. The third-order valence-electron chi connectivity index (χ3n) is 2.88. The average molecular weight is 326 g/mol. The fourth-order valence-electron chi connectivity index (χ4n) is 1.81. The zero-order chi connectivity index (χ0) is 16.8. The van der Waals surface area contributed by atoms with Crippen molar-refractivity contribution in [3.63, 3.8) is 0 Å². The molecule has 0 aliphatic carbocycles. The van der Waals surface area contributed by atoms with Crippen molar-refractivity contribution in [3.05, 3.63) is 47.2 Å². The molecule has 112 valence electrons. The van der Waals surface area contributed by atoms with Gasteiger partial charge < -0.3 is 14.6 Å². The van der Waals surface area contributed by atoms with Gasteiger partial charge in [0.2, 0.25) is 0 Å². The summed E-state index contributed by atoms with van der Waals surface area (Å²) in [6.07, 6.45) is 1.46. The predicted octanol–water partition coefficient (Wildman–Crippen LogP) is 1.22. The van der Waals surface area contributed by atoms with Crippen molar-refractivity contribution in [2.24, 2.45) is 0 Å². The Morgan fingerprint density at radius 1 is 1.22 bits per heavy atom. The molecule has 0 fully saturated rings. The Bertz CT molecular complexity index is 742. The topological polar surface area (TPSA) is 77.5 Å². The third kappa shape index (κ3) is 4.26. The van der Waals surface area contributed by atoms with E-state index < -0.39 is 18.4 Å². The Kier molecular flexibility index (Phi) is 5.65. The van der Waals surface area contributed by atoms with Gasteiger partial charge in [0, 0.05) is 16.8 Å². The molecule has 0 saturated heterocycles. The molecule has 2 rings (SSSR count). The highest BCUT2D eigenvalue weighted by atomic mass is 35.5. The maximum atomic E-state index is 12.0. The number of halogens is 1. The van der Waals surface area contributed by atoms with Crippen LogP contribution in [0.4, 0.5) is 0 Å². The van der Waals surface area contributed by atoms with Crippen LogP contribution in [0.15, 0.2) is 36.5 Å². The molecule has 4 radical (unpaired) electrons. The summed E-state index contributed by atoms with van der Waals surface area (Å²) in [4.78, 5) is 26.9. The number of hydrogen-bond donors (Lipinski definition) is 1. The molecule has 1 heterocycles. The highest BCUT2D eigenvalue weighted by Gasteiger charge is 2.16. The fourth-order valence-corrected chi connectivity index (χ4v) is 2.00. The van der Waals surface area contributed by atoms with E-state index in [9.17, 15) is 9.59 Å². The van der Waals surface area contributed by atoms with Crippen LogP contribution in [0.25, 0.3) is 11.1 Å². The van der Waals surface area contributed by atoms with E-state index in [1.165, 1.54) is 12.3 Å². The Morgan fingerprint density at radius 3 is 2.65 bits per heavy atom. The standard InChI is InChI=1S/C14H9B2ClN2O4/c15-22-11-5-9(8-2-1-3-10(17)4-8)6-18-13(11)14(21)19-7-12(20)23-16/h1-6H,7H2,(H,19,21). The average Bonchev–Trinajstić information content (AvgIpc) is 2.58. The van der Waals surface area contributed by atoms with Crippen LogP contribution in [-0.4, -0.2) is 39.5 Å². The molecule has 6 nitrogen and oxygen atoms in total. The van der Waals surface area contributed by atoms with Crippen molar-refractivity contribution < 1.29 is 18.9 Å². The lowest BCUT2D eigenvalue weighted by atomic mass is 10.1. The number of aromatic nitrogens is 1. The lowest BCUT2D eigenvalue weighted by Gasteiger charge is -2.10. The molecule has 23 heavy (non-hydrogen) atoms. The quantitative estimate of drug-likeness (QED) is 0.836. The van der Waals surface area contributed by atoms with E-state index in [1.807, 2.05) is 6.07 Å². The van der Waals surface area contributed by atoms with Crippen molar-refractivity contribution >= 4 is 39.6 Å². The van der Waals surface area contributed by atoms with Crippen LogP contribution in [0.3, 0.4) is 0 Å². The summed E-state index contributed by atoms with van der Waals surface area (Å²) in [5.41, 5.74) is 1.36. The Morgan fingerprint density at radius 2 is 2.00 bits per heavy atom. The summed E-state index contributed by atoms with van der Waals surface area (Å²) < 4.78 is 8.63. The van der Waals surface area contributed by atoms with E-state index in [0.717, 1.165) is 5.56 Å². The molecule has 2 aromatic rings. The number of benzene rings is 1. The molecule has 0 saturated carbocycles. The van der Waals surface area contributed by atoms with Gasteiger partial charge in [0.25, 0.3) is 5.91 Å². The van der Waals surface area contributed by atoms with Gasteiger partial charge in [0.05, 0.1) is 0 Å². The molecule has 1 amide bonds. The van der Waals surface area contributed by atoms with E-state index >= 15 is 0 Å². The molecule has 1 aromatic heterocycles. The van der Waals surface area contributed by atoms with Gasteiger partial charge in [0.1, 0.15) is 12.3 Å². The van der Waals surface area contributed by atoms with Crippen molar-refractivity contribution in [2.75, 3.05) is 6.54 Å². The third-order valence-corrected chi connectivity index (χ3v) is 3.11. The number of carbonyl (C=O) groups excluding carboxylic acids is 2. The number of nitrogens with one attached hydrogen (secondary N) is 1. The fraction of sp³-hybridized carbons (Fsp3) is 0.0714. The number of hydrogen-bond acceptors (Lipinski definition) is 5. The lowest BCUT2D eigenvalue weighted by Crippen LogP contribution is -2.31. The van der Waals surface area contributed by atoms with Crippen LogP contribution in [0, 0.1) is 0 Å². The van der Waals surface area contributed by atoms with E-state index in [-0.39, 0.29) is 11.4 Å². The van der Waals surface area contributed by atoms with Gasteiger partial charge in [-0.05, 0) is 23.8 Å². The normalized spacial score (nSPS) is 9.96. The number of amides is 1. The summed E-state index contributed by atoms with van der Waals surface area (Å²) in [6.45, 7) is -0.406. The van der Waals surface area contributed by atoms with Crippen LogP contribution >= 0.6 is 11.6 Å². The first-order chi connectivity index (χ1) is 11.0. The first-order valence-corrected chi connectivity index (χ1v) is 6.73. The van der Waals surface area contributed by atoms with Gasteiger partial charge in [-0.1, -0.05) is 23.7 Å². The maximum absolute atomic E-state index is 12.0. The molecule has 0 aliphatic rings. The highest BCUT2D eigenvalue weighted by molar-refractivity contribution is 6.30. The zero-order valence-electron chi connectivity index (χ0n) is 11.8.